The lowest BCUT2D eigenvalue weighted by atomic mass is 10.1. The first-order valence-corrected chi connectivity index (χ1v) is 6.28. The molecule has 0 aromatic heterocycles. The molecule has 0 aromatic rings. The average Bonchev–Trinajstić information content (AvgIpc) is 2.14. The van der Waals surface area contributed by atoms with E-state index in [1.807, 2.05) is 13.8 Å². The third-order valence-corrected chi connectivity index (χ3v) is 3.10. The zero-order chi connectivity index (χ0) is 11.9. The van der Waals surface area contributed by atoms with Crippen LogP contribution < -0.4 is 9.44 Å². The van der Waals surface area contributed by atoms with E-state index in [4.69, 9.17) is 9.84 Å². The zero-order valence-electron chi connectivity index (χ0n) is 9.36. The third kappa shape index (κ3) is 6.80. The maximum absolute atomic E-state index is 11.4. The monoisotopic (exact) mass is 240 g/mol. The molecule has 0 saturated heterocycles. The van der Waals surface area contributed by atoms with Gasteiger partial charge in [0.25, 0.3) is 10.2 Å². The van der Waals surface area contributed by atoms with Gasteiger partial charge in [-0.1, -0.05) is 13.8 Å². The lowest BCUT2D eigenvalue weighted by molar-refractivity contribution is 0.203. The first-order chi connectivity index (χ1) is 6.93. The number of methoxy groups -OCH3 is 1. The second-order valence-electron chi connectivity index (χ2n) is 3.54. The molecule has 0 radical (unpaired) electrons. The quantitative estimate of drug-likeness (QED) is 0.479. The van der Waals surface area contributed by atoms with Gasteiger partial charge in [-0.05, 0) is 5.92 Å². The van der Waals surface area contributed by atoms with Gasteiger partial charge < -0.3 is 9.84 Å². The second-order valence-corrected chi connectivity index (χ2v) is 5.07. The molecule has 0 aliphatic rings. The van der Waals surface area contributed by atoms with E-state index < -0.39 is 16.3 Å². The van der Waals surface area contributed by atoms with E-state index in [1.165, 1.54) is 7.11 Å². The molecule has 0 bridgehead atoms. The fraction of sp³-hybridized carbons (Fsp3) is 1.00. The third-order valence-electron chi connectivity index (χ3n) is 1.91. The summed E-state index contributed by atoms with van der Waals surface area (Å²) in [5.41, 5.74) is 0. The van der Waals surface area contributed by atoms with E-state index in [0.717, 1.165) is 0 Å². The molecule has 1 atom stereocenters. The van der Waals surface area contributed by atoms with Crippen molar-refractivity contribution in [2.24, 2.45) is 5.92 Å². The normalized spacial score (nSPS) is 14.5. The molecule has 92 valence electrons. The molecule has 7 heteroatoms. The molecule has 0 aromatic carbocycles. The van der Waals surface area contributed by atoms with Crippen LogP contribution in [-0.2, 0) is 14.9 Å². The molecule has 0 aliphatic carbocycles. The number of aliphatic hydroxyl groups excluding tert-OH is 1. The highest BCUT2D eigenvalue weighted by Gasteiger charge is 2.19. The van der Waals surface area contributed by atoms with Gasteiger partial charge in [0.05, 0.1) is 13.2 Å². The van der Waals surface area contributed by atoms with Crippen molar-refractivity contribution >= 4 is 10.2 Å². The fourth-order valence-electron chi connectivity index (χ4n) is 0.903. The Bertz CT molecular complexity index is 253. The highest BCUT2D eigenvalue weighted by molar-refractivity contribution is 7.87. The average molecular weight is 240 g/mol. The molecule has 15 heavy (non-hydrogen) atoms. The molecule has 0 saturated carbocycles. The summed E-state index contributed by atoms with van der Waals surface area (Å²) < 4.78 is 32.2. The lowest BCUT2D eigenvalue weighted by Crippen LogP contribution is -2.47. The van der Waals surface area contributed by atoms with Crippen LogP contribution in [0.25, 0.3) is 0 Å². The SMILES string of the molecule is COCCNS(=O)(=O)NC(CO)C(C)C. The van der Waals surface area contributed by atoms with Crippen LogP contribution in [0.15, 0.2) is 0 Å². The number of hydrogen-bond acceptors (Lipinski definition) is 4. The van der Waals surface area contributed by atoms with Gasteiger partial charge in [-0.25, -0.2) is 0 Å². The number of aliphatic hydroxyl groups is 1. The molecule has 3 N–H and O–H groups in total. The van der Waals surface area contributed by atoms with Gasteiger partial charge in [0, 0.05) is 19.7 Å². The van der Waals surface area contributed by atoms with Gasteiger partial charge in [-0.3, -0.25) is 0 Å². The first-order valence-electron chi connectivity index (χ1n) is 4.79. The molecule has 0 amide bonds. The van der Waals surface area contributed by atoms with Crippen LogP contribution in [0.5, 0.6) is 0 Å². The van der Waals surface area contributed by atoms with Gasteiger partial charge in [0.1, 0.15) is 0 Å². The van der Waals surface area contributed by atoms with Crippen molar-refractivity contribution in [2.75, 3.05) is 26.9 Å². The van der Waals surface area contributed by atoms with Crippen molar-refractivity contribution < 1.29 is 18.3 Å². The Hall–Kier alpha value is -0.210. The number of hydrogen-bond donors (Lipinski definition) is 3. The summed E-state index contributed by atoms with van der Waals surface area (Å²) in [6.45, 7) is 3.97. The highest BCUT2D eigenvalue weighted by Crippen LogP contribution is 2.01. The van der Waals surface area contributed by atoms with E-state index in [-0.39, 0.29) is 19.1 Å². The Balaban J connectivity index is 4.11. The Morgan fingerprint density at radius 2 is 2.00 bits per heavy atom. The summed E-state index contributed by atoms with van der Waals surface area (Å²) >= 11 is 0. The largest absolute Gasteiger partial charge is 0.395 e. The molecule has 1 unspecified atom stereocenters. The summed E-state index contributed by atoms with van der Waals surface area (Å²) in [5, 5.41) is 8.95. The van der Waals surface area contributed by atoms with E-state index in [9.17, 15) is 8.42 Å². The van der Waals surface area contributed by atoms with Crippen molar-refractivity contribution in [3.05, 3.63) is 0 Å². The lowest BCUT2D eigenvalue weighted by Gasteiger charge is -2.19. The molecule has 0 aliphatic heterocycles. The van der Waals surface area contributed by atoms with Crippen LogP contribution in [0.1, 0.15) is 13.8 Å². The van der Waals surface area contributed by atoms with Gasteiger partial charge in [-0.15, -0.1) is 0 Å². The predicted octanol–water partition coefficient (Wildman–Crippen LogP) is -0.926. The van der Waals surface area contributed by atoms with Crippen LogP contribution in [0, 0.1) is 5.92 Å². The molecule has 0 spiro atoms. The predicted molar refractivity (Wildman–Crippen MR) is 57.6 cm³/mol. The van der Waals surface area contributed by atoms with Gasteiger partial charge >= 0.3 is 0 Å². The van der Waals surface area contributed by atoms with Crippen LogP contribution in [0.3, 0.4) is 0 Å². The van der Waals surface area contributed by atoms with Gasteiger partial charge in [0.15, 0.2) is 0 Å². The molecular weight excluding hydrogens is 220 g/mol. The maximum atomic E-state index is 11.4. The summed E-state index contributed by atoms with van der Waals surface area (Å²) in [6.07, 6.45) is 0. The van der Waals surface area contributed by atoms with Crippen LogP contribution in [0.4, 0.5) is 0 Å². The van der Waals surface area contributed by atoms with E-state index >= 15 is 0 Å². The van der Waals surface area contributed by atoms with E-state index in [2.05, 4.69) is 9.44 Å². The Kier molecular flexibility index (Phi) is 7.03. The summed E-state index contributed by atoms with van der Waals surface area (Å²) in [5.74, 6) is 0.0361. The van der Waals surface area contributed by atoms with Crippen LogP contribution >= 0.6 is 0 Å². The maximum Gasteiger partial charge on any atom is 0.277 e. The van der Waals surface area contributed by atoms with Crippen molar-refractivity contribution in [1.82, 2.24) is 9.44 Å². The standard InChI is InChI=1S/C8H20N2O4S/c1-7(2)8(6-11)10-15(12,13)9-4-5-14-3/h7-11H,4-6H2,1-3H3. The van der Waals surface area contributed by atoms with Crippen molar-refractivity contribution in [2.45, 2.75) is 19.9 Å². The second kappa shape index (κ2) is 7.13. The minimum Gasteiger partial charge on any atom is -0.395 e. The Labute approximate surface area is 91.2 Å². The number of ether oxygens (including phenoxy) is 1. The summed E-state index contributed by atoms with van der Waals surface area (Å²) in [7, 11) is -2.06. The van der Waals surface area contributed by atoms with E-state index in [1.54, 1.807) is 0 Å². The smallest absolute Gasteiger partial charge is 0.277 e. The molecule has 6 nitrogen and oxygen atoms in total. The number of rotatable bonds is 8. The molecule has 0 heterocycles. The molecule has 0 rings (SSSR count). The van der Waals surface area contributed by atoms with Crippen molar-refractivity contribution in [3.8, 4) is 0 Å². The summed E-state index contributed by atoms with van der Waals surface area (Å²) in [4.78, 5) is 0. The Morgan fingerprint density at radius 1 is 1.40 bits per heavy atom. The summed E-state index contributed by atoms with van der Waals surface area (Å²) in [6, 6.07) is -0.468. The minimum absolute atomic E-state index is 0.0361. The van der Waals surface area contributed by atoms with Crippen molar-refractivity contribution in [1.29, 1.82) is 0 Å². The number of nitrogens with one attached hydrogen (secondary N) is 2. The first kappa shape index (κ1) is 14.8. The fourth-order valence-corrected chi connectivity index (χ4v) is 2.08. The zero-order valence-corrected chi connectivity index (χ0v) is 10.2. The topological polar surface area (TPSA) is 87.7 Å². The van der Waals surface area contributed by atoms with Gasteiger partial charge in [0.2, 0.25) is 0 Å². The van der Waals surface area contributed by atoms with E-state index in [0.29, 0.717) is 6.61 Å². The molecule has 0 fully saturated rings. The van der Waals surface area contributed by atoms with Crippen molar-refractivity contribution in [3.63, 3.8) is 0 Å². The Morgan fingerprint density at radius 3 is 2.40 bits per heavy atom. The molecular formula is C8H20N2O4S. The van der Waals surface area contributed by atoms with Crippen LogP contribution in [-0.4, -0.2) is 46.4 Å². The minimum atomic E-state index is -3.55. The van der Waals surface area contributed by atoms with Gasteiger partial charge in [-0.2, -0.15) is 17.9 Å². The highest BCUT2D eigenvalue weighted by atomic mass is 32.2. The van der Waals surface area contributed by atoms with Crippen LogP contribution in [0.2, 0.25) is 0 Å².